The van der Waals surface area contributed by atoms with Gasteiger partial charge in [-0.25, -0.2) is 4.39 Å². The summed E-state index contributed by atoms with van der Waals surface area (Å²) < 4.78 is 41.3. The summed E-state index contributed by atoms with van der Waals surface area (Å²) >= 11 is 0. The highest BCUT2D eigenvalue weighted by molar-refractivity contribution is 7.87. The number of rotatable bonds is 4. The van der Waals surface area contributed by atoms with Crippen molar-refractivity contribution in [3.8, 4) is 5.75 Å². The maximum atomic E-state index is 12.7. The summed E-state index contributed by atoms with van der Waals surface area (Å²) in [4.78, 5) is 10.4. The lowest BCUT2D eigenvalue weighted by molar-refractivity contribution is 0.112. The molecule has 0 amide bonds. The molecule has 98 valence electrons. The maximum absolute atomic E-state index is 12.7. The summed E-state index contributed by atoms with van der Waals surface area (Å²) in [5.74, 6) is -0.518. The minimum Gasteiger partial charge on any atom is -0.379 e. The van der Waals surface area contributed by atoms with Crippen molar-refractivity contribution in [3.05, 3.63) is 59.9 Å². The second kappa shape index (κ2) is 5.19. The van der Waals surface area contributed by atoms with E-state index in [1.54, 1.807) is 0 Å². The van der Waals surface area contributed by atoms with Crippen molar-refractivity contribution in [2.75, 3.05) is 0 Å². The molecule has 0 bridgehead atoms. The molecule has 0 saturated carbocycles. The summed E-state index contributed by atoms with van der Waals surface area (Å²) in [6.07, 6.45) is 0.581. The lowest BCUT2D eigenvalue weighted by Gasteiger charge is -2.07. The fourth-order valence-corrected chi connectivity index (χ4v) is 2.34. The fourth-order valence-electron chi connectivity index (χ4n) is 1.42. The van der Waals surface area contributed by atoms with Crippen LogP contribution in [0.4, 0.5) is 4.39 Å². The highest BCUT2D eigenvalue weighted by Gasteiger charge is 2.16. The zero-order valence-corrected chi connectivity index (χ0v) is 10.4. The standard InChI is InChI=1S/C13H9FO4S/c14-11-4-6-13(7-5-11)19(16,17)18-12-3-1-2-10(8-12)9-15/h1-9H. The van der Waals surface area contributed by atoms with E-state index in [9.17, 15) is 17.6 Å². The molecule has 0 atom stereocenters. The third kappa shape index (κ3) is 3.17. The van der Waals surface area contributed by atoms with Crippen LogP contribution in [0.15, 0.2) is 53.4 Å². The van der Waals surface area contributed by atoms with Gasteiger partial charge in [0.05, 0.1) is 0 Å². The Morgan fingerprint density at radius 2 is 1.74 bits per heavy atom. The first kappa shape index (κ1) is 13.2. The molecule has 19 heavy (non-hydrogen) atoms. The molecule has 0 aliphatic heterocycles. The van der Waals surface area contributed by atoms with Gasteiger partial charge in [0.2, 0.25) is 0 Å². The van der Waals surface area contributed by atoms with E-state index in [-0.39, 0.29) is 10.6 Å². The third-order valence-corrected chi connectivity index (χ3v) is 3.56. The SMILES string of the molecule is O=Cc1cccc(OS(=O)(=O)c2ccc(F)cc2)c1. The van der Waals surface area contributed by atoms with Crippen molar-refractivity contribution >= 4 is 16.4 Å². The van der Waals surface area contributed by atoms with Crippen LogP contribution in [0, 0.1) is 5.82 Å². The number of benzene rings is 2. The molecule has 6 heteroatoms. The van der Waals surface area contributed by atoms with Crippen LogP contribution < -0.4 is 4.18 Å². The zero-order valence-electron chi connectivity index (χ0n) is 9.62. The summed E-state index contributed by atoms with van der Waals surface area (Å²) in [6, 6.07) is 9.99. The van der Waals surface area contributed by atoms with Crippen molar-refractivity contribution in [2.24, 2.45) is 0 Å². The van der Waals surface area contributed by atoms with E-state index in [0.29, 0.717) is 11.8 Å². The van der Waals surface area contributed by atoms with Gasteiger partial charge in [-0.2, -0.15) is 8.42 Å². The molecule has 0 heterocycles. The summed E-state index contributed by atoms with van der Waals surface area (Å²) in [5.41, 5.74) is 0.298. The minimum absolute atomic E-state index is 0.0222. The monoisotopic (exact) mass is 280 g/mol. The van der Waals surface area contributed by atoms with Gasteiger partial charge in [-0.3, -0.25) is 4.79 Å². The van der Waals surface area contributed by atoms with Gasteiger partial charge in [0.1, 0.15) is 22.7 Å². The molecule has 0 fully saturated rings. The predicted octanol–water partition coefficient (Wildman–Crippen LogP) is 2.41. The highest BCUT2D eigenvalue weighted by Crippen LogP contribution is 2.19. The van der Waals surface area contributed by atoms with Gasteiger partial charge in [-0.1, -0.05) is 12.1 Å². The Morgan fingerprint density at radius 1 is 1.05 bits per heavy atom. The molecule has 4 nitrogen and oxygen atoms in total. The van der Waals surface area contributed by atoms with Crippen molar-refractivity contribution in [3.63, 3.8) is 0 Å². The average Bonchev–Trinajstić information content (AvgIpc) is 2.39. The van der Waals surface area contributed by atoms with Gasteiger partial charge in [-0.05, 0) is 36.4 Å². The number of hydrogen-bond donors (Lipinski definition) is 0. The molecule has 0 radical (unpaired) electrons. The lowest BCUT2D eigenvalue weighted by Crippen LogP contribution is -2.09. The minimum atomic E-state index is -4.04. The Labute approximate surface area is 109 Å². The number of carbonyl (C=O) groups is 1. The molecule has 0 saturated heterocycles. The van der Waals surface area contributed by atoms with Gasteiger partial charge in [0.25, 0.3) is 0 Å². The largest absolute Gasteiger partial charge is 0.379 e. The Hall–Kier alpha value is -2.21. The van der Waals surface area contributed by atoms with Crippen molar-refractivity contribution < 1.29 is 21.8 Å². The van der Waals surface area contributed by atoms with Gasteiger partial charge in [0, 0.05) is 5.56 Å². The molecular formula is C13H9FO4S. The number of aldehydes is 1. The Balaban J connectivity index is 2.30. The molecule has 0 unspecified atom stereocenters. The van der Waals surface area contributed by atoms with Gasteiger partial charge >= 0.3 is 10.1 Å². The van der Waals surface area contributed by atoms with Crippen molar-refractivity contribution in [2.45, 2.75) is 4.90 Å². The predicted molar refractivity (Wildman–Crippen MR) is 66.0 cm³/mol. The second-order valence-electron chi connectivity index (χ2n) is 3.68. The highest BCUT2D eigenvalue weighted by atomic mass is 32.2. The molecule has 0 aromatic heterocycles. The molecule has 2 aromatic carbocycles. The Morgan fingerprint density at radius 3 is 2.37 bits per heavy atom. The number of carbonyl (C=O) groups excluding carboxylic acids is 1. The van der Waals surface area contributed by atoms with E-state index >= 15 is 0 Å². The van der Waals surface area contributed by atoms with Crippen molar-refractivity contribution in [1.29, 1.82) is 0 Å². The van der Waals surface area contributed by atoms with E-state index in [1.165, 1.54) is 24.3 Å². The van der Waals surface area contributed by atoms with E-state index in [0.717, 1.165) is 24.3 Å². The average molecular weight is 280 g/mol. The topological polar surface area (TPSA) is 60.4 Å². The lowest BCUT2D eigenvalue weighted by atomic mass is 10.2. The smallest absolute Gasteiger partial charge is 0.339 e. The first-order valence-corrected chi connectivity index (χ1v) is 6.67. The van der Waals surface area contributed by atoms with Gasteiger partial charge in [-0.15, -0.1) is 0 Å². The fraction of sp³-hybridized carbons (Fsp3) is 0. The normalized spacial score (nSPS) is 11.0. The van der Waals surface area contributed by atoms with Crippen LogP contribution in [0.2, 0.25) is 0 Å². The van der Waals surface area contributed by atoms with E-state index in [4.69, 9.17) is 4.18 Å². The molecule has 2 rings (SSSR count). The van der Waals surface area contributed by atoms with Gasteiger partial charge in [0.15, 0.2) is 0 Å². The first-order valence-electron chi connectivity index (χ1n) is 5.26. The quantitative estimate of drug-likeness (QED) is 0.637. The van der Waals surface area contributed by atoms with Crippen molar-refractivity contribution in [1.82, 2.24) is 0 Å². The summed E-state index contributed by atoms with van der Waals surface area (Å²) in [6.45, 7) is 0. The molecular weight excluding hydrogens is 271 g/mol. The van der Waals surface area contributed by atoms with Crippen LogP contribution >= 0.6 is 0 Å². The van der Waals surface area contributed by atoms with Crippen LogP contribution in [0.3, 0.4) is 0 Å². The maximum Gasteiger partial charge on any atom is 0.339 e. The van der Waals surface area contributed by atoms with Crippen LogP contribution in [0.5, 0.6) is 5.75 Å². The van der Waals surface area contributed by atoms with E-state index in [1.807, 2.05) is 0 Å². The van der Waals surface area contributed by atoms with Crippen LogP contribution in [-0.2, 0) is 10.1 Å². The first-order chi connectivity index (χ1) is 9.01. The van der Waals surface area contributed by atoms with Crippen LogP contribution in [0.1, 0.15) is 10.4 Å². The van der Waals surface area contributed by atoms with Crippen LogP contribution in [-0.4, -0.2) is 14.7 Å². The summed E-state index contributed by atoms with van der Waals surface area (Å²) in [5, 5.41) is 0. The Bertz CT molecular complexity index is 693. The van der Waals surface area contributed by atoms with Crippen LogP contribution in [0.25, 0.3) is 0 Å². The number of halogens is 1. The summed E-state index contributed by atoms with van der Waals surface area (Å²) in [7, 11) is -4.04. The zero-order chi connectivity index (χ0) is 13.9. The second-order valence-corrected chi connectivity index (χ2v) is 5.23. The Kier molecular flexibility index (Phi) is 3.62. The van der Waals surface area contributed by atoms with E-state index < -0.39 is 15.9 Å². The molecule has 0 N–H and O–H groups in total. The molecule has 0 aliphatic carbocycles. The molecule has 2 aromatic rings. The third-order valence-electron chi connectivity index (χ3n) is 2.30. The van der Waals surface area contributed by atoms with E-state index in [2.05, 4.69) is 0 Å². The van der Waals surface area contributed by atoms with Gasteiger partial charge < -0.3 is 4.18 Å². The number of hydrogen-bond acceptors (Lipinski definition) is 4. The molecule has 0 spiro atoms. The molecule has 0 aliphatic rings.